The lowest BCUT2D eigenvalue weighted by Gasteiger charge is -2.10. The van der Waals surface area contributed by atoms with Crippen LogP contribution in [0.2, 0.25) is 0 Å². The number of hydrogen-bond donors (Lipinski definition) is 4. The van der Waals surface area contributed by atoms with E-state index in [0.717, 1.165) is 0 Å². The minimum Gasteiger partial charge on any atom is -0.394 e. The van der Waals surface area contributed by atoms with E-state index < -0.39 is 18.4 Å². The molecule has 1 aliphatic rings. The Kier molecular flexibility index (Phi) is 2.88. The largest absolute Gasteiger partial charge is 0.394 e. The molecule has 5 N–H and O–H groups in total. The van der Waals surface area contributed by atoms with Gasteiger partial charge in [0.1, 0.15) is 12.3 Å². The average Bonchev–Trinajstić information content (AvgIpc) is 2.83. The lowest BCUT2D eigenvalue weighted by molar-refractivity contribution is -0.00105. The van der Waals surface area contributed by atoms with Crippen molar-refractivity contribution in [3.05, 3.63) is 17.7 Å². The van der Waals surface area contributed by atoms with Crippen LogP contribution in [0.15, 0.2) is 6.20 Å². The van der Waals surface area contributed by atoms with Crippen molar-refractivity contribution in [3.63, 3.8) is 0 Å². The summed E-state index contributed by atoms with van der Waals surface area (Å²) in [6.45, 7) is -0.204. The lowest BCUT2D eigenvalue weighted by Crippen LogP contribution is -2.14. The van der Waals surface area contributed by atoms with Gasteiger partial charge in [-0.15, -0.1) is 0 Å². The Morgan fingerprint density at radius 1 is 1.81 bits per heavy atom. The number of imidazole rings is 1. The quantitative estimate of drug-likeness (QED) is 0.426. The maximum absolute atomic E-state index is 13.6. The van der Waals surface area contributed by atoms with E-state index in [4.69, 9.17) is 21.0 Å². The summed E-state index contributed by atoms with van der Waals surface area (Å²) < 4.78 is 18.8. The fraction of sp³-hybridized carbons (Fsp3) is 0.556. The molecule has 2 heterocycles. The van der Waals surface area contributed by atoms with Crippen LogP contribution in [0.3, 0.4) is 0 Å². The highest BCUT2D eigenvalue weighted by atomic mass is 19.1. The van der Waals surface area contributed by atoms with Crippen molar-refractivity contribution < 1.29 is 14.2 Å². The summed E-state index contributed by atoms with van der Waals surface area (Å²) in [5.41, 5.74) is 5.67. The number of nitrogen functional groups attached to an aromatic ring is 1. The second-order valence-electron chi connectivity index (χ2n) is 3.71. The summed E-state index contributed by atoms with van der Waals surface area (Å²) in [5, 5.41) is 16.0. The zero-order valence-electron chi connectivity index (χ0n) is 8.48. The van der Waals surface area contributed by atoms with E-state index in [0.29, 0.717) is 5.69 Å². The molecule has 7 heteroatoms. The summed E-state index contributed by atoms with van der Waals surface area (Å²) in [4.78, 5) is 6.55. The molecule has 0 aliphatic carbocycles. The summed E-state index contributed by atoms with van der Waals surface area (Å²) in [6.07, 6.45) is -0.872. The number of amidine groups is 1. The van der Waals surface area contributed by atoms with Gasteiger partial charge in [0.2, 0.25) is 0 Å². The molecule has 0 aromatic carbocycles. The van der Waals surface area contributed by atoms with Gasteiger partial charge in [-0.3, -0.25) is 5.41 Å². The molecule has 0 bridgehead atoms. The van der Waals surface area contributed by atoms with Crippen molar-refractivity contribution >= 4 is 5.84 Å². The highest BCUT2D eigenvalue weighted by molar-refractivity contribution is 5.91. The van der Waals surface area contributed by atoms with Crippen LogP contribution in [0.25, 0.3) is 0 Å². The van der Waals surface area contributed by atoms with E-state index in [-0.39, 0.29) is 24.7 Å². The lowest BCUT2D eigenvalue weighted by atomic mass is 10.1. The molecule has 0 saturated carbocycles. The van der Waals surface area contributed by atoms with Crippen LogP contribution in [0, 0.1) is 5.41 Å². The Balaban J connectivity index is 2.15. The molecule has 0 radical (unpaired) electrons. The fourth-order valence-corrected chi connectivity index (χ4v) is 1.73. The predicted octanol–water partition coefficient (Wildman–Crippen LogP) is -0.146. The highest BCUT2D eigenvalue weighted by Crippen LogP contribution is 2.34. The van der Waals surface area contributed by atoms with Gasteiger partial charge < -0.3 is 20.6 Å². The van der Waals surface area contributed by atoms with Gasteiger partial charge >= 0.3 is 0 Å². The zero-order valence-corrected chi connectivity index (χ0v) is 8.48. The number of nitrogens with two attached hydrogens (primary N) is 1. The second kappa shape index (κ2) is 4.18. The fourth-order valence-electron chi connectivity index (χ4n) is 1.73. The number of H-pyrrole nitrogens is 1. The Labute approximate surface area is 91.1 Å². The molecule has 2 rings (SSSR count). The van der Waals surface area contributed by atoms with Crippen LogP contribution in [0.5, 0.6) is 0 Å². The van der Waals surface area contributed by atoms with Gasteiger partial charge in [-0.1, -0.05) is 0 Å². The predicted molar refractivity (Wildman–Crippen MR) is 53.8 cm³/mol. The van der Waals surface area contributed by atoms with E-state index >= 15 is 0 Å². The SMILES string of the molecule is N=C(N)c1ncc([C@@H]2O[C@H](CO)C[C@H]2F)[nH]1. The van der Waals surface area contributed by atoms with Gasteiger partial charge in [0, 0.05) is 6.42 Å². The molecule has 3 atom stereocenters. The molecule has 1 aliphatic heterocycles. The summed E-state index contributed by atoms with van der Waals surface area (Å²) in [6, 6.07) is 0. The molecule has 0 unspecified atom stereocenters. The molecular formula is C9H13FN4O2. The van der Waals surface area contributed by atoms with Crippen LogP contribution < -0.4 is 5.73 Å². The van der Waals surface area contributed by atoms with Crippen LogP contribution in [-0.2, 0) is 4.74 Å². The van der Waals surface area contributed by atoms with Gasteiger partial charge in [0.25, 0.3) is 0 Å². The molecule has 16 heavy (non-hydrogen) atoms. The third-order valence-electron chi connectivity index (χ3n) is 2.52. The molecule has 0 spiro atoms. The number of alkyl halides is 1. The standard InChI is InChI=1S/C9H13FN4O2/c10-5-1-4(3-15)16-7(5)6-2-13-9(14-6)8(11)12/h2,4-5,7,15H,1,3H2,(H3,11,12)(H,13,14)/t4-,5+,7+/m0/s1. The number of ether oxygens (including phenoxy) is 1. The van der Waals surface area contributed by atoms with E-state index in [9.17, 15) is 4.39 Å². The van der Waals surface area contributed by atoms with Crippen LogP contribution in [-0.4, -0.2) is 39.8 Å². The maximum atomic E-state index is 13.6. The first kappa shape index (κ1) is 11.0. The smallest absolute Gasteiger partial charge is 0.172 e. The summed E-state index contributed by atoms with van der Waals surface area (Å²) in [5.74, 6) is -0.0170. The monoisotopic (exact) mass is 228 g/mol. The average molecular weight is 228 g/mol. The number of aromatic nitrogens is 2. The number of rotatable bonds is 3. The van der Waals surface area contributed by atoms with E-state index in [2.05, 4.69) is 9.97 Å². The first-order valence-electron chi connectivity index (χ1n) is 4.91. The number of aromatic amines is 1. The number of hydrogen-bond acceptors (Lipinski definition) is 4. The van der Waals surface area contributed by atoms with Crippen LogP contribution in [0.4, 0.5) is 4.39 Å². The first-order chi connectivity index (χ1) is 7.61. The van der Waals surface area contributed by atoms with E-state index in [1.54, 1.807) is 0 Å². The molecule has 1 aromatic rings. The highest BCUT2D eigenvalue weighted by Gasteiger charge is 2.37. The minimum atomic E-state index is -1.18. The summed E-state index contributed by atoms with van der Waals surface area (Å²) >= 11 is 0. The van der Waals surface area contributed by atoms with Gasteiger partial charge in [0.05, 0.1) is 24.6 Å². The van der Waals surface area contributed by atoms with Crippen molar-refractivity contribution in [2.45, 2.75) is 24.8 Å². The molecule has 1 aromatic heterocycles. The second-order valence-corrected chi connectivity index (χ2v) is 3.71. The number of aliphatic hydroxyl groups is 1. The number of halogens is 1. The van der Waals surface area contributed by atoms with Gasteiger partial charge in [-0.05, 0) is 0 Å². The Morgan fingerprint density at radius 2 is 2.56 bits per heavy atom. The Hall–Kier alpha value is -1.47. The Morgan fingerprint density at radius 3 is 3.06 bits per heavy atom. The zero-order chi connectivity index (χ0) is 11.7. The first-order valence-corrected chi connectivity index (χ1v) is 4.91. The number of nitrogens with zero attached hydrogens (tertiary/aromatic N) is 1. The van der Waals surface area contributed by atoms with Gasteiger partial charge in [-0.25, -0.2) is 9.37 Å². The van der Waals surface area contributed by atoms with Gasteiger partial charge in [-0.2, -0.15) is 0 Å². The number of aliphatic hydroxyl groups excluding tert-OH is 1. The molecule has 6 nitrogen and oxygen atoms in total. The topological polar surface area (TPSA) is 108 Å². The Bertz CT molecular complexity index is 395. The third-order valence-corrected chi connectivity index (χ3v) is 2.52. The van der Waals surface area contributed by atoms with Crippen molar-refractivity contribution in [1.29, 1.82) is 5.41 Å². The van der Waals surface area contributed by atoms with Crippen LogP contribution >= 0.6 is 0 Å². The maximum Gasteiger partial charge on any atom is 0.172 e. The van der Waals surface area contributed by atoms with E-state index in [1.165, 1.54) is 6.20 Å². The summed E-state index contributed by atoms with van der Waals surface area (Å²) in [7, 11) is 0. The normalized spacial score (nSPS) is 29.5. The van der Waals surface area contributed by atoms with Crippen LogP contribution in [0.1, 0.15) is 24.0 Å². The van der Waals surface area contributed by atoms with Crippen molar-refractivity contribution in [2.75, 3.05) is 6.61 Å². The van der Waals surface area contributed by atoms with Crippen molar-refractivity contribution in [2.24, 2.45) is 5.73 Å². The number of nitrogens with one attached hydrogen (secondary N) is 2. The van der Waals surface area contributed by atoms with Crippen molar-refractivity contribution in [3.8, 4) is 0 Å². The molecule has 1 saturated heterocycles. The van der Waals surface area contributed by atoms with E-state index in [1.807, 2.05) is 0 Å². The van der Waals surface area contributed by atoms with Crippen molar-refractivity contribution in [1.82, 2.24) is 9.97 Å². The molecule has 0 amide bonds. The third kappa shape index (κ3) is 1.91. The molecule has 88 valence electrons. The molecular weight excluding hydrogens is 215 g/mol. The minimum absolute atomic E-state index is 0.162. The molecule has 1 fully saturated rings. The van der Waals surface area contributed by atoms with Gasteiger partial charge in [0.15, 0.2) is 11.7 Å².